The second-order valence-corrected chi connectivity index (χ2v) is 7.06. The van der Waals surface area contributed by atoms with Gasteiger partial charge in [-0.05, 0) is 31.2 Å². The van der Waals surface area contributed by atoms with Crippen LogP contribution in [0.3, 0.4) is 0 Å². The van der Waals surface area contributed by atoms with Crippen LogP contribution in [0.5, 0.6) is 0 Å². The van der Waals surface area contributed by atoms with E-state index in [9.17, 15) is 9.59 Å². The summed E-state index contributed by atoms with van der Waals surface area (Å²) < 4.78 is 1.91. The van der Waals surface area contributed by atoms with Crippen LogP contribution in [0.1, 0.15) is 54.7 Å². The summed E-state index contributed by atoms with van der Waals surface area (Å²) >= 11 is 1.35. The number of thiophene rings is 1. The summed E-state index contributed by atoms with van der Waals surface area (Å²) in [6.45, 7) is 1.68. The Morgan fingerprint density at radius 1 is 1.29 bits per heavy atom. The van der Waals surface area contributed by atoms with E-state index in [0.29, 0.717) is 16.7 Å². The van der Waals surface area contributed by atoms with Gasteiger partial charge in [0.05, 0.1) is 17.1 Å². The molecule has 2 heterocycles. The molecule has 0 bridgehead atoms. The molecule has 0 radical (unpaired) electrons. The quantitative estimate of drug-likeness (QED) is 0.873. The summed E-state index contributed by atoms with van der Waals surface area (Å²) in [5.74, 6) is 0.232. The monoisotopic (exact) mass is 346 g/mol. The number of amides is 2. The van der Waals surface area contributed by atoms with Crippen molar-refractivity contribution in [1.29, 1.82) is 0 Å². The fourth-order valence-electron chi connectivity index (χ4n) is 3.01. The Labute approximate surface area is 145 Å². The van der Waals surface area contributed by atoms with Crippen molar-refractivity contribution < 1.29 is 9.59 Å². The Hall–Kier alpha value is -2.15. The number of carbonyl (C=O) groups is 2. The number of aromatic nitrogens is 2. The van der Waals surface area contributed by atoms with E-state index in [4.69, 9.17) is 0 Å². The number of rotatable bonds is 5. The summed E-state index contributed by atoms with van der Waals surface area (Å²) in [5.41, 5.74) is 0. The van der Waals surface area contributed by atoms with Gasteiger partial charge in [-0.2, -0.15) is 5.10 Å². The highest BCUT2D eigenvalue weighted by Gasteiger charge is 2.22. The van der Waals surface area contributed by atoms with Gasteiger partial charge in [0.15, 0.2) is 0 Å². The SMILES string of the molecule is CC(NC(=O)c1cccs1)C(=O)Nc1ccnn1C1CCCCC1. The Kier molecular flexibility index (Phi) is 5.30. The molecule has 0 aliphatic heterocycles. The minimum absolute atomic E-state index is 0.228. The lowest BCUT2D eigenvalue weighted by Gasteiger charge is -2.24. The predicted octanol–water partition coefficient (Wildman–Crippen LogP) is 3.21. The van der Waals surface area contributed by atoms with E-state index in [1.807, 2.05) is 16.1 Å². The van der Waals surface area contributed by atoms with Crippen molar-refractivity contribution in [3.63, 3.8) is 0 Å². The average Bonchev–Trinajstić information content (AvgIpc) is 3.27. The maximum Gasteiger partial charge on any atom is 0.261 e. The second kappa shape index (κ2) is 7.61. The van der Waals surface area contributed by atoms with Gasteiger partial charge in [-0.25, -0.2) is 4.68 Å². The summed E-state index contributed by atoms with van der Waals surface area (Å²) in [7, 11) is 0. The molecule has 24 heavy (non-hydrogen) atoms. The maximum absolute atomic E-state index is 12.4. The van der Waals surface area contributed by atoms with Crippen LogP contribution in [0.15, 0.2) is 29.8 Å². The van der Waals surface area contributed by atoms with E-state index >= 15 is 0 Å². The molecule has 1 saturated carbocycles. The van der Waals surface area contributed by atoms with Crippen molar-refractivity contribution in [2.45, 2.75) is 51.1 Å². The smallest absolute Gasteiger partial charge is 0.261 e. The fraction of sp³-hybridized carbons (Fsp3) is 0.471. The highest BCUT2D eigenvalue weighted by molar-refractivity contribution is 7.12. The molecule has 128 valence electrons. The van der Waals surface area contributed by atoms with Gasteiger partial charge in [-0.1, -0.05) is 25.3 Å². The largest absolute Gasteiger partial charge is 0.340 e. The standard InChI is InChI=1S/C17H22N4O2S/c1-12(19-17(23)14-8-5-11-24-14)16(22)20-15-9-10-18-21(15)13-6-3-2-4-7-13/h5,8-13H,2-4,6-7H2,1H3,(H,19,23)(H,20,22). The van der Waals surface area contributed by atoms with Crippen molar-refractivity contribution in [3.8, 4) is 0 Å². The maximum atomic E-state index is 12.4. The minimum Gasteiger partial charge on any atom is -0.340 e. The van der Waals surface area contributed by atoms with Crippen molar-refractivity contribution in [2.24, 2.45) is 0 Å². The third-order valence-electron chi connectivity index (χ3n) is 4.33. The normalized spacial score (nSPS) is 16.5. The minimum atomic E-state index is -0.616. The van der Waals surface area contributed by atoms with E-state index in [1.165, 1.54) is 30.6 Å². The Morgan fingerprint density at radius 3 is 2.79 bits per heavy atom. The van der Waals surface area contributed by atoms with Gasteiger partial charge < -0.3 is 10.6 Å². The molecule has 2 amide bonds. The lowest BCUT2D eigenvalue weighted by atomic mass is 9.96. The first kappa shape index (κ1) is 16.7. The van der Waals surface area contributed by atoms with Gasteiger partial charge in [0.2, 0.25) is 5.91 Å². The van der Waals surface area contributed by atoms with Crippen LogP contribution < -0.4 is 10.6 Å². The van der Waals surface area contributed by atoms with Crippen LogP contribution in [0.4, 0.5) is 5.82 Å². The number of hydrogen-bond acceptors (Lipinski definition) is 4. The first-order chi connectivity index (χ1) is 11.6. The van der Waals surface area contributed by atoms with Gasteiger partial charge in [0.1, 0.15) is 11.9 Å². The predicted molar refractivity (Wildman–Crippen MR) is 94.2 cm³/mol. The first-order valence-electron chi connectivity index (χ1n) is 8.34. The molecule has 0 aromatic carbocycles. The van der Waals surface area contributed by atoms with E-state index in [1.54, 1.807) is 25.3 Å². The second-order valence-electron chi connectivity index (χ2n) is 6.11. The molecule has 1 aliphatic carbocycles. The van der Waals surface area contributed by atoms with Gasteiger partial charge in [-0.3, -0.25) is 9.59 Å². The molecule has 7 heteroatoms. The average molecular weight is 346 g/mol. The lowest BCUT2D eigenvalue weighted by molar-refractivity contribution is -0.117. The molecule has 1 fully saturated rings. The number of carbonyl (C=O) groups excluding carboxylic acids is 2. The highest BCUT2D eigenvalue weighted by atomic mass is 32.1. The van der Waals surface area contributed by atoms with Gasteiger partial charge in [0, 0.05) is 6.07 Å². The Bertz CT molecular complexity index is 689. The zero-order chi connectivity index (χ0) is 16.9. The number of nitrogens with one attached hydrogen (secondary N) is 2. The number of hydrogen-bond donors (Lipinski definition) is 2. The molecule has 1 aliphatic rings. The number of anilines is 1. The molecule has 1 unspecified atom stereocenters. The van der Waals surface area contributed by atoms with Crippen LogP contribution in [0, 0.1) is 0 Å². The van der Waals surface area contributed by atoms with Crippen molar-refractivity contribution >= 4 is 29.0 Å². The van der Waals surface area contributed by atoms with E-state index in [-0.39, 0.29) is 11.8 Å². The van der Waals surface area contributed by atoms with E-state index < -0.39 is 6.04 Å². The Morgan fingerprint density at radius 2 is 2.08 bits per heavy atom. The van der Waals surface area contributed by atoms with Crippen LogP contribution in [-0.4, -0.2) is 27.6 Å². The van der Waals surface area contributed by atoms with Crippen molar-refractivity contribution in [3.05, 3.63) is 34.7 Å². The first-order valence-corrected chi connectivity index (χ1v) is 9.22. The summed E-state index contributed by atoms with van der Waals surface area (Å²) in [5, 5.41) is 11.8. The fourth-order valence-corrected chi connectivity index (χ4v) is 3.63. The van der Waals surface area contributed by atoms with Gasteiger partial charge >= 0.3 is 0 Å². The van der Waals surface area contributed by atoms with Crippen LogP contribution in [0.25, 0.3) is 0 Å². The molecule has 3 rings (SSSR count). The topological polar surface area (TPSA) is 76.0 Å². The molecule has 2 aromatic rings. The van der Waals surface area contributed by atoms with Crippen LogP contribution >= 0.6 is 11.3 Å². The molecule has 2 N–H and O–H groups in total. The summed E-state index contributed by atoms with van der Waals surface area (Å²) in [6, 6.07) is 5.09. The molecular formula is C17H22N4O2S. The van der Waals surface area contributed by atoms with E-state index in [2.05, 4.69) is 15.7 Å². The molecule has 6 nitrogen and oxygen atoms in total. The third kappa shape index (κ3) is 3.84. The third-order valence-corrected chi connectivity index (χ3v) is 5.20. The molecular weight excluding hydrogens is 324 g/mol. The zero-order valence-corrected chi connectivity index (χ0v) is 14.5. The summed E-state index contributed by atoms with van der Waals surface area (Å²) in [4.78, 5) is 25.0. The number of nitrogens with zero attached hydrogens (tertiary/aromatic N) is 2. The van der Waals surface area contributed by atoms with Crippen LogP contribution in [0.2, 0.25) is 0 Å². The van der Waals surface area contributed by atoms with Crippen molar-refractivity contribution in [2.75, 3.05) is 5.32 Å². The van der Waals surface area contributed by atoms with Gasteiger partial charge in [0.25, 0.3) is 5.91 Å². The van der Waals surface area contributed by atoms with Crippen LogP contribution in [-0.2, 0) is 4.79 Å². The molecule has 2 aromatic heterocycles. The zero-order valence-electron chi connectivity index (χ0n) is 13.7. The van der Waals surface area contributed by atoms with Crippen molar-refractivity contribution in [1.82, 2.24) is 15.1 Å². The highest BCUT2D eigenvalue weighted by Crippen LogP contribution is 2.29. The summed E-state index contributed by atoms with van der Waals surface area (Å²) in [6.07, 6.45) is 7.56. The van der Waals surface area contributed by atoms with E-state index in [0.717, 1.165) is 12.8 Å². The Balaban J connectivity index is 1.60. The van der Waals surface area contributed by atoms with Gasteiger partial charge in [-0.15, -0.1) is 11.3 Å². The molecule has 1 atom stereocenters. The molecule has 0 saturated heterocycles. The molecule has 0 spiro atoms. The lowest BCUT2D eigenvalue weighted by Crippen LogP contribution is -2.41.